The number of carbonyl (C=O) groups is 1. The van der Waals surface area contributed by atoms with Gasteiger partial charge in [-0.25, -0.2) is 9.67 Å². The Hall–Kier alpha value is -2.17. The van der Waals surface area contributed by atoms with E-state index in [2.05, 4.69) is 15.4 Å². The SMILES string of the molecule is CCNC(=O)c1ncn(Cc2ccccc2)n1. The van der Waals surface area contributed by atoms with Crippen LogP contribution in [0.3, 0.4) is 0 Å². The van der Waals surface area contributed by atoms with E-state index >= 15 is 0 Å². The Morgan fingerprint density at radius 3 is 2.82 bits per heavy atom. The average molecular weight is 230 g/mol. The lowest BCUT2D eigenvalue weighted by Gasteiger charge is -2.00. The van der Waals surface area contributed by atoms with Crippen LogP contribution in [0.25, 0.3) is 0 Å². The molecule has 1 amide bonds. The maximum atomic E-state index is 11.5. The first kappa shape index (κ1) is 11.3. The van der Waals surface area contributed by atoms with E-state index in [1.54, 1.807) is 11.0 Å². The number of aromatic nitrogens is 3. The maximum Gasteiger partial charge on any atom is 0.290 e. The second-order valence-corrected chi connectivity index (χ2v) is 3.61. The van der Waals surface area contributed by atoms with Crippen molar-refractivity contribution >= 4 is 5.91 Å². The Bertz CT molecular complexity index is 492. The molecule has 0 aliphatic rings. The number of amides is 1. The molecule has 1 N–H and O–H groups in total. The highest BCUT2D eigenvalue weighted by Crippen LogP contribution is 2.01. The van der Waals surface area contributed by atoms with Crippen LogP contribution >= 0.6 is 0 Å². The fraction of sp³-hybridized carbons (Fsp3) is 0.250. The van der Waals surface area contributed by atoms with Gasteiger partial charge in [0.15, 0.2) is 0 Å². The summed E-state index contributed by atoms with van der Waals surface area (Å²) >= 11 is 0. The molecule has 0 atom stereocenters. The van der Waals surface area contributed by atoms with Crippen molar-refractivity contribution in [2.24, 2.45) is 0 Å². The third-order valence-electron chi connectivity index (χ3n) is 2.26. The van der Waals surface area contributed by atoms with Crippen LogP contribution in [0.4, 0.5) is 0 Å². The van der Waals surface area contributed by atoms with Crippen molar-refractivity contribution in [3.05, 3.63) is 48.0 Å². The quantitative estimate of drug-likeness (QED) is 0.854. The lowest BCUT2D eigenvalue weighted by molar-refractivity contribution is 0.0945. The first-order valence-corrected chi connectivity index (χ1v) is 5.51. The van der Waals surface area contributed by atoms with Crippen molar-refractivity contribution in [3.63, 3.8) is 0 Å². The molecule has 0 bridgehead atoms. The second kappa shape index (κ2) is 5.25. The molecule has 2 aromatic rings. The van der Waals surface area contributed by atoms with E-state index in [0.717, 1.165) is 5.56 Å². The monoisotopic (exact) mass is 230 g/mol. The standard InChI is InChI=1S/C12H14N4O/c1-2-13-12(17)11-14-9-16(15-11)8-10-6-4-3-5-7-10/h3-7,9H,2,8H2,1H3,(H,13,17). The molecule has 5 heteroatoms. The molecule has 0 fully saturated rings. The maximum absolute atomic E-state index is 11.5. The van der Waals surface area contributed by atoms with E-state index in [-0.39, 0.29) is 11.7 Å². The van der Waals surface area contributed by atoms with Crippen LogP contribution in [-0.2, 0) is 6.54 Å². The molecule has 2 rings (SSSR count). The van der Waals surface area contributed by atoms with Crippen molar-refractivity contribution in [3.8, 4) is 0 Å². The molecule has 0 spiro atoms. The van der Waals surface area contributed by atoms with Crippen molar-refractivity contribution in [1.29, 1.82) is 0 Å². The number of rotatable bonds is 4. The molecular formula is C12H14N4O. The Kier molecular flexibility index (Phi) is 3.49. The molecule has 5 nitrogen and oxygen atoms in total. The Morgan fingerprint density at radius 2 is 2.12 bits per heavy atom. The Morgan fingerprint density at radius 1 is 1.35 bits per heavy atom. The minimum atomic E-state index is -0.237. The predicted octanol–water partition coefficient (Wildman–Crippen LogP) is 1.08. The van der Waals surface area contributed by atoms with Gasteiger partial charge < -0.3 is 5.32 Å². The first-order valence-electron chi connectivity index (χ1n) is 5.51. The average Bonchev–Trinajstić information content (AvgIpc) is 2.79. The van der Waals surface area contributed by atoms with Crippen LogP contribution < -0.4 is 5.32 Å². The third-order valence-corrected chi connectivity index (χ3v) is 2.26. The zero-order valence-electron chi connectivity index (χ0n) is 9.63. The van der Waals surface area contributed by atoms with Gasteiger partial charge in [0.2, 0.25) is 5.82 Å². The fourth-order valence-corrected chi connectivity index (χ4v) is 1.48. The molecule has 1 heterocycles. The highest BCUT2D eigenvalue weighted by Gasteiger charge is 2.09. The highest BCUT2D eigenvalue weighted by atomic mass is 16.2. The van der Waals surface area contributed by atoms with Gasteiger partial charge in [0, 0.05) is 6.54 Å². The molecule has 0 saturated carbocycles. The zero-order chi connectivity index (χ0) is 12.1. The minimum Gasteiger partial charge on any atom is -0.350 e. The minimum absolute atomic E-state index is 0.211. The van der Waals surface area contributed by atoms with Gasteiger partial charge in [0.25, 0.3) is 5.91 Å². The highest BCUT2D eigenvalue weighted by molar-refractivity contribution is 5.90. The van der Waals surface area contributed by atoms with Gasteiger partial charge in [-0.1, -0.05) is 30.3 Å². The van der Waals surface area contributed by atoms with Gasteiger partial charge in [-0.05, 0) is 12.5 Å². The van der Waals surface area contributed by atoms with Gasteiger partial charge in [-0.2, -0.15) is 0 Å². The summed E-state index contributed by atoms with van der Waals surface area (Å²) in [5.41, 5.74) is 1.12. The van der Waals surface area contributed by atoms with E-state index < -0.39 is 0 Å². The van der Waals surface area contributed by atoms with E-state index in [4.69, 9.17) is 0 Å². The third kappa shape index (κ3) is 2.90. The number of benzene rings is 1. The normalized spacial score (nSPS) is 10.2. The van der Waals surface area contributed by atoms with Crippen LogP contribution in [0.2, 0.25) is 0 Å². The summed E-state index contributed by atoms with van der Waals surface area (Å²) in [4.78, 5) is 15.4. The summed E-state index contributed by atoms with van der Waals surface area (Å²) in [6, 6.07) is 9.92. The number of hydrogen-bond acceptors (Lipinski definition) is 3. The Labute approximate surface area is 99.5 Å². The van der Waals surface area contributed by atoms with Gasteiger partial charge in [0.05, 0.1) is 6.54 Å². The van der Waals surface area contributed by atoms with Gasteiger partial charge in [-0.3, -0.25) is 4.79 Å². The fourth-order valence-electron chi connectivity index (χ4n) is 1.48. The summed E-state index contributed by atoms with van der Waals surface area (Å²) in [5, 5.41) is 6.78. The van der Waals surface area contributed by atoms with Crippen molar-refractivity contribution in [2.45, 2.75) is 13.5 Å². The molecule has 0 aliphatic heterocycles. The summed E-state index contributed by atoms with van der Waals surface area (Å²) in [5.74, 6) is -0.0258. The molecule has 0 saturated heterocycles. The van der Waals surface area contributed by atoms with Crippen LogP contribution in [0.5, 0.6) is 0 Å². The second-order valence-electron chi connectivity index (χ2n) is 3.61. The number of nitrogens with zero attached hydrogens (tertiary/aromatic N) is 3. The molecule has 88 valence electrons. The first-order chi connectivity index (χ1) is 8.29. The van der Waals surface area contributed by atoms with Crippen LogP contribution in [-0.4, -0.2) is 27.2 Å². The van der Waals surface area contributed by atoms with Crippen LogP contribution in [0, 0.1) is 0 Å². The lowest BCUT2D eigenvalue weighted by atomic mass is 10.2. The van der Waals surface area contributed by atoms with Gasteiger partial charge in [-0.15, -0.1) is 5.10 Å². The molecule has 0 unspecified atom stereocenters. The summed E-state index contributed by atoms with van der Waals surface area (Å²) < 4.78 is 1.65. The molecule has 0 aliphatic carbocycles. The molecule has 1 aromatic carbocycles. The van der Waals surface area contributed by atoms with E-state index in [1.807, 2.05) is 37.3 Å². The summed E-state index contributed by atoms with van der Waals surface area (Å²) in [6.07, 6.45) is 1.57. The number of nitrogens with one attached hydrogen (secondary N) is 1. The predicted molar refractivity (Wildman–Crippen MR) is 63.6 cm³/mol. The van der Waals surface area contributed by atoms with Crippen molar-refractivity contribution in [2.75, 3.05) is 6.54 Å². The topological polar surface area (TPSA) is 59.8 Å². The molecule has 17 heavy (non-hydrogen) atoms. The molecule has 0 radical (unpaired) electrons. The van der Waals surface area contributed by atoms with Crippen LogP contribution in [0.1, 0.15) is 23.1 Å². The largest absolute Gasteiger partial charge is 0.350 e. The lowest BCUT2D eigenvalue weighted by Crippen LogP contribution is -2.24. The summed E-state index contributed by atoms with van der Waals surface area (Å²) in [6.45, 7) is 3.05. The van der Waals surface area contributed by atoms with E-state index in [1.165, 1.54) is 0 Å². The number of hydrogen-bond donors (Lipinski definition) is 1. The zero-order valence-corrected chi connectivity index (χ0v) is 9.63. The van der Waals surface area contributed by atoms with E-state index in [0.29, 0.717) is 13.1 Å². The Balaban J connectivity index is 2.06. The van der Waals surface area contributed by atoms with Gasteiger partial charge in [0.1, 0.15) is 6.33 Å². The molecular weight excluding hydrogens is 216 g/mol. The van der Waals surface area contributed by atoms with Gasteiger partial charge >= 0.3 is 0 Å². The van der Waals surface area contributed by atoms with Crippen molar-refractivity contribution in [1.82, 2.24) is 20.1 Å². The molecule has 1 aromatic heterocycles. The van der Waals surface area contributed by atoms with Crippen LogP contribution in [0.15, 0.2) is 36.7 Å². The van der Waals surface area contributed by atoms with E-state index in [9.17, 15) is 4.79 Å². The number of carbonyl (C=O) groups excluding carboxylic acids is 1. The summed E-state index contributed by atoms with van der Waals surface area (Å²) in [7, 11) is 0. The van der Waals surface area contributed by atoms with Crippen molar-refractivity contribution < 1.29 is 4.79 Å². The smallest absolute Gasteiger partial charge is 0.290 e.